The van der Waals surface area contributed by atoms with Gasteiger partial charge in [0.05, 0.1) is 25.7 Å². The van der Waals surface area contributed by atoms with E-state index in [9.17, 15) is 8.42 Å². The molecule has 2 rings (SSSR count). The van der Waals surface area contributed by atoms with Crippen molar-refractivity contribution in [2.24, 2.45) is 0 Å². The minimum atomic E-state index is -3.31. The topological polar surface area (TPSA) is 52.6 Å². The molecule has 0 radical (unpaired) electrons. The number of para-hydroxylation sites is 2. The van der Waals surface area contributed by atoms with Crippen LogP contribution in [0.4, 0.5) is 0 Å². The number of methoxy groups -OCH3 is 2. The maximum absolute atomic E-state index is 12.4. The van der Waals surface area contributed by atoms with Crippen LogP contribution in [-0.4, -0.2) is 22.6 Å². The van der Waals surface area contributed by atoms with E-state index in [1.54, 1.807) is 36.4 Å². The van der Waals surface area contributed by atoms with Gasteiger partial charge in [0.15, 0.2) is 9.84 Å². The minimum Gasteiger partial charge on any atom is -0.496 e. The highest BCUT2D eigenvalue weighted by molar-refractivity contribution is 7.89. The van der Waals surface area contributed by atoms with Crippen molar-refractivity contribution in [3.05, 3.63) is 59.7 Å². The van der Waals surface area contributed by atoms with Gasteiger partial charge < -0.3 is 9.47 Å². The molecule has 0 spiro atoms. The Kier molecular flexibility index (Phi) is 4.85. The van der Waals surface area contributed by atoms with Crippen LogP contribution in [0.25, 0.3) is 0 Å². The van der Waals surface area contributed by atoms with Gasteiger partial charge in [-0.1, -0.05) is 36.4 Å². The lowest BCUT2D eigenvalue weighted by atomic mass is 10.2. The second kappa shape index (κ2) is 6.63. The van der Waals surface area contributed by atoms with E-state index in [0.29, 0.717) is 22.6 Å². The molecule has 2 aromatic rings. The van der Waals surface area contributed by atoms with Gasteiger partial charge in [0.2, 0.25) is 0 Å². The number of hydrogen-bond donors (Lipinski definition) is 0. The van der Waals surface area contributed by atoms with Crippen LogP contribution >= 0.6 is 0 Å². The summed E-state index contributed by atoms with van der Waals surface area (Å²) in [7, 11) is -0.246. The molecule has 5 heteroatoms. The first-order valence-corrected chi connectivity index (χ1v) is 8.32. The molecule has 0 N–H and O–H groups in total. The summed E-state index contributed by atoms with van der Waals surface area (Å²) in [5.74, 6) is 1.05. The number of rotatable bonds is 6. The van der Waals surface area contributed by atoms with Gasteiger partial charge in [-0.3, -0.25) is 0 Å². The van der Waals surface area contributed by atoms with Crippen molar-refractivity contribution in [3.63, 3.8) is 0 Å². The zero-order valence-corrected chi connectivity index (χ0v) is 12.9. The van der Waals surface area contributed by atoms with Gasteiger partial charge in [-0.15, -0.1) is 0 Å². The molecule has 0 aliphatic rings. The van der Waals surface area contributed by atoms with Crippen molar-refractivity contribution in [2.45, 2.75) is 11.5 Å². The quantitative estimate of drug-likeness (QED) is 0.823. The van der Waals surface area contributed by atoms with Gasteiger partial charge in [-0.05, 0) is 12.1 Å². The molecule has 0 saturated heterocycles. The molecule has 21 heavy (non-hydrogen) atoms. The maximum atomic E-state index is 12.4. The SMILES string of the molecule is COc1ccccc1CS(=O)(=O)Cc1ccccc1OC. The molecule has 0 unspecified atom stereocenters. The molecule has 0 atom stereocenters. The Morgan fingerprint density at radius 2 is 1.14 bits per heavy atom. The van der Waals surface area contributed by atoms with Crippen LogP contribution in [-0.2, 0) is 21.3 Å². The molecule has 0 amide bonds. The van der Waals surface area contributed by atoms with Crippen molar-refractivity contribution >= 4 is 9.84 Å². The number of benzene rings is 2. The van der Waals surface area contributed by atoms with Crippen molar-refractivity contribution < 1.29 is 17.9 Å². The fourth-order valence-electron chi connectivity index (χ4n) is 2.17. The summed E-state index contributed by atoms with van der Waals surface area (Å²) in [6.07, 6.45) is 0. The van der Waals surface area contributed by atoms with E-state index < -0.39 is 9.84 Å². The zero-order valence-electron chi connectivity index (χ0n) is 12.1. The lowest BCUT2D eigenvalue weighted by molar-refractivity contribution is 0.410. The molecule has 4 nitrogen and oxygen atoms in total. The lowest BCUT2D eigenvalue weighted by Gasteiger charge is -2.11. The Balaban J connectivity index is 2.23. The summed E-state index contributed by atoms with van der Waals surface area (Å²) in [5, 5.41) is 0. The first kappa shape index (κ1) is 15.4. The normalized spacial score (nSPS) is 11.1. The van der Waals surface area contributed by atoms with Crippen molar-refractivity contribution in [3.8, 4) is 11.5 Å². The predicted octanol–water partition coefficient (Wildman–Crippen LogP) is 2.82. The fraction of sp³-hybridized carbons (Fsp3) is 0.250. The van der Waals surface area contributed by atoms with Gasteiger partial charge in [0, 0.05) is 11.1 Å². The van der Waals surface area contributed by atoms with E-state index >= 15 is 0 Å². The fourth-order valence-corrected chi connectivity index (χ4v) is 3.70. The second-order valence-electron chi connectivity index (χ2n) is 4.66. The van der Waals surface area contributed by atoms with Gasteiger partial charge >= 0.3 is 0 Å². The van der Waals surface area contributed by atoms with Gasteiger partial charge in [-0.25, -0.2) is 8.42 Å². The predicted molar refractivity (Wildman–Crippen MR) is 82.3 cm³/mol. The lowest BCUT2D eigenvalue weighted by Crippen LogP contribution is -2.09. The summed E-state index contributed by atoms with van der Waals surface area (Å²) in [6.45, 7) is 0. The minimum absolute atomic E-state index is 0.0605. The van der Waals surface area contributed by atoms with Crippen LogP contribution in [0.15, 0.2) is 48.5 Å². The second-order valence-corrected chi connectivity index (χ2v) is 6.72. The first-order valence-electron chi connectivity index (χ1n) is 6.50. The largest absolute Gasteiger partial charge is 0.496 e. The maximum Gasteiger partial charge on any atom is 0.158 e. The number of sulfone groups is 1. The highest BCUT2D eigenvalue weighted by Crippen LogP contribution is 2.24. The Morgan fingerprint density at radius 1 is 0.762 bits per heavy atom. The van der Waals surface area contributed by atoms with E-state index in [4.69, 9.17) is 9.47 Å². The molecule has 0 fully saturated rings. The molecule has 2 aromatic carbocycles. The molecule has 0 saturated carbocycles. The summed E-state index contributed by atoms with van der Waals surface area (Å²) < 4.78 is 35.2. The van der Waals surface area contributed by atoms with E-state index in [1.165, 1.54) is 14.2 Å². The van der Waals surface area contributed by atoms with Gasteiger partial charge in [-0.2, -0.15) is 0 Å². The molecule has 0 aromatic heterocycles. The summed E-state index contributed by atoms with van der Waals surface area (Å²) in [5.41, 5.74) is 1.32. The monoisotopic (exact) mass is 306 g/mol. The highest BCUT2D eigenvalue weighted by atomic mass is 32.2. The third-order valence-electron chi connectivity index (χ3n) is 3.14. The zero-order chi connectivity index (χ0) is 15.3. The molecule has 112 valence electrons. The Hall–Kier alpha value is -2.01. The van der Waals surface area contributed by atoms with Crippen LogP contribution < -0.4 is 9.47 Å². The smallest absolute Gasteiger partial charge is 0.158 e. The molecule has 0 aliphatic carbocycles. The summed E-state index contributed by atoms with van der Waals surface area (Å²) >= 11 is 0. The molecule has 0 bridgehead atoms. The van der Waals surface area contributed by atoms with Crippen LogP contribution in [0, 0.1) is 0 Å². The number of ether oxygens (including phenoxy) is 2. The Labute approximate surface area is 125 Å². The van der Waals surface area contributed by atoms with Crippen molar-refractivity contribution in [1.82, 2.24) is 0 Å². The van der Waals surface area contributed by atoms with Crippen LogP contribution in [0.3, 0.4) is 0 Å². The van der Waals surface area contributed by atoms with Crippen molar-refractivity contribution in [2.75, 3.05) is 14.2 Å². The van der Waals surface area contributed by atoms with Crippen LogP contribution in [0.1, 0.15) is 11.1 Å². The van der Waals surface area contributed by atoms with E-state index in [1.807, 2.05) is 12.1 Å². The highest BCUT2D eigenvalue weighted by Gasteiger charge is 2.17. The average Bonchev–Trinajstić information content (AvgIpc) is 2.47. The third kappa shape index (κ3) is 3.98. The van der Waals surface area contributed by atoms with E-state index in [0.717, 1.165) is 0 Å². The molecular formula is C16H18O4S. The molecule has 0 heterocycles. The Bertz CT molecular complexity index is 652. The van der Waals surface area contributed by atoms with E-state index in [-0.39, 0.29) is 11.5 Å². The van der Waals surface area contributed by atoms with Crippen molar-refractivity contribution in [1.29, 1.82) is 0 Å². The summed E-state index contributed by atoms with van der Waals surface area (Å²) in [6, 6.07) is 14.3. The third-order valence-corrected chi connectivity index (χ3v) is 4.64. The van der Waals surface area contributed by atoms with Gasteiger partial charge in [0.1, 0.15) is 11.5 Å². The Morgan fingerprint density at radius 3 is 1.52 bits per heavy atom. The molecule has 0 aliphatic heterocycles. The van der Waals surface area contributed by atoms with Crippen LogP contribution in [0.5, 0.6) is 11.5 Å². The van der Waals surface area contributed by atoms with E-state index in [2.05, 4.69) is 0 Å². The van der Waals surface area contributed by atoms with Gasteiger partial charge in [0.25, 0.3) is 0 Å². The first-order chi connectivity index (χ1) is 10.1. The average molecular weight is 306 g/mol. The van der Waals surface area contributed by atoms with Crippen LogP contribution in [0.2, 0.25) is 0 Å². The standard InChI is InChI=1S/C16H18O4S/c1-19-15-9-5-3-7-13(15)11-21(17,18)12-14-8-4-6-10-16(14)20-2/h3-10H,11-12H2,1-2H3. The molecular weight excluding hydrogens is 288 g/mol. The number of hydrogen-bond acceptors (Lipinski definition) is 4. The summed E-state index contributed by atoms with van der Waals surface area (Å²) in [4.78, 5) is 0.